The molecule has 2 fully saturated rings. The molecule has 208 valence electrons. The number of amides is 2. The highest BCUT2D eigenvalue weighted by Crippen LogP contribution is 2.50. The van der Waals surface area contributed by atoms with Gasteiger partial charge in [0.25, 0.3) is 5.92 Å². The first-order chi connectivity index (χ1) is 19.7. The largest absolute Gasteiger partial charge is 0.341 e. The number of nitrogens with two attached hydrogens (primary N) is 1. The fourth-order valence-corrected chi connectivity index (χ4v) is 6.78. The van der Waals surface area contributed by atoms with Gasteiger partial charge in [-0.25, -0.2) is 18.7 Å². The van der Waals surface area contributed by atoms with Gasteiger partial charge >= 0.3 is 0 Å². The van der Waals surface area contributed by atoms with Crippen LogP contribution in [0, 0.1) is 0 Å². The number of pyridine rings is 2. The van der Waals surface area contributed by atoms with Crippen molar-refractivity contribution in [1.82, 2.24) is 24.8 Å². The Balaban J connectivity index is 1.21. The number of alkyl halides is 2. The van der Waals surface area contributed by atoms with Crippen LogP contribution >= 0.6 is 0 Å². The second kappa shape index (κ2) is 9.07. The van der Waals surface area contributed by atoms with E-state index in [1.54, 1.807) is 35.9 Å². The summed E-state index contributed by atoms with van der Waals surface area (Å²) in [5.74, 6) is -3.46. The fraction of sp³-hybridized carbons (Fsp3) is 0.333. The van der Waals surface area contributed by atoms with Crippen molar-refractivity contribution in [3.63, 3.8) is 0 Å². The molecule has 0 bridgehead atoms. The second-order valence-corrected chi connectivity index (χ2v) is 11.3. The highest BCUT2D eigenvalue weighted by atomic mass is 19.3. The molecule has 3 aromatic heterocycles. The quantitative estimate of drug-likeness (QED) is 0.409. The van der Waals surface area contributed by atoms with Gasteiger partial charge in [0, 0.05) is 67.2 Å². The van der Waals surface area contributed by atoms with E-state index in [-0.39, 0.29) is 25.5 Å². The molecule has 7 rings (SSSR count). The smallest absolute Gasteiger partial charge is 0.252 e. The number of carbonyl (C=O) groups is 2. The summed E-state index contributed by atoms with van der Waals surface area (Å²) in [5, 5.41) is 1.93. The van der Waals surface area contributed by atoms with E-state index in [1.165, 1.54) is 11.2 Å². The monoisotopic (exact) mass is 555 g/mol. The zero-order valence-corrected chi connectivity index (χ0v) is 22.1. The van der Waals surface area contributed by atoms with Gasteiger partial charge in [-0.15, -0.1) is 0 Å². The topological polar surface area (TPSA) is 118 Å². The Morgan fingerprint density at radius 1 is 0.976 bits per heavy atom. The summed E-state index contributed by atoms with van der Waals surface area (Å²) in [5.41, 5.74) is 7.55. The number of hydrogen-bond acceptors (Lipinski definition) is 7. The van der Waals surface area contributed by atoms with Gasteiger partial charge in [0.1, 0.15) is 11.9 Å². The molecule has 11 heteroatoms. The summed E-state index contributed by atoms with van der Waals surface area (Å²) in [6.07, 6.45) is 9.54. The molecular formula is C30H27F2N7O2. The number of rotatable bonds is 4. The molecule has 1 spiro atoms. The molecule has 3 aliphatic rings. The average Bonchev–Trinajstić information content (AvgIpc) is 3.19. The number of aromatic nitrogens is 4. The predicted molar refractivity (Wildman–Crippen MR) is 147 cm³/mol. The summed E-state index contributed by atoms with van der Waals surface area (Å²) in [6, 6.07) is 9.77. The van der Waals surface area contributed by atoms with Crippen LogP contribution in [0.3, 0.4) is 0 Å². The molecule has 1 saturated heterocycles. The van der Waals surface area contributed by atoms with Gasteiger partial charge in [-0.05, 0) is 29.9 Å². The van der Waals surface area contributed by atoms with Crippen LogP contribution in [0.4, 0.5) is 14.5 Å². The van der Waals surface area contributed by atoms with Gasteiger partial charge < -0.3 is 15.5 Å². The molecule has 41 heavy (non-hydrogen) atoms. The molecular weight excluding hydrogens is 528 g/mol. The zero-order chi connectivity index (χ0) is 28.4. The third-order valence-electron chi connectivity index (χ3n) is 8.77. The highest BCUT2D eigenvalue weighted by Gasteiger charge is 2.61. The number of likely N-dealkylation sites (tertiary alicyclic amines) is 1. The maximum Gasteiger partial charge on any atom is 0.252 e. The van der Waals surface area contributed by atoms with Crippen LogP contribution in [0.25, 0.3) is 21.9 Å². The number of anilines is 1. The van der Waals surface area contributed by atoms with Crippen molar-refractivity contribution in [2.75, 3.05) is 18.0 Å². The Hall–Kier alpha value is -4.38. The van der Waals surface area contributed by atoms with Crippen molar-refractivity contribution in [3.8, 4) is 11.1 Å². The van der Waals surface area contributed by atoms with Crippen molar-refractivity contribution >= 4 is 28.3 Å². The average molecular weight is 556 g/mol. The van der Waals surface area contributed by atoms with E-state index < -0.39 is 35.6 Å². The van der Waals surface area contributed by atoms with E-state index in [0.717, 1.165) is 27.5 Å². The van der Waals surface area contributed by atoms with E-state index >= 15 is 0 Å². The Morgan fingerprint density at radius 3 is 2.44 bits per heavy atom. The van der Waals surface area contributed by atoms with Crippen LogP contribution in [0.2, 0.25) is 0 Å². The number of fused-ring (bicyclic) bond motifs is 3. The van der Waals surface area contributed by atoms with Crippen LogP contribution in [0.15, 0.2) is 67.6 Å². The number of hydrogen-bond donors (Lipinski definition) is 1. The molecule has 0 unspecified atom stereocenters. The molecule has 4 aromatic rings. The molecule has 0 atom stereocenters. The van der Waals surface area contributed by atoms with Gasteiger partial charge in [-0.2, -0.15) is 0 Å². The lowest BCUT2D eigenvalue weighted by Crippen LogP contribution is -2.68. The number of carbonyl (C=O) groups excluding carboxylic acids is 2. The predicted octanol–water partition coefficient (Wildman–Crippen LogP) is 3.62. The Kier molecular flexibility index (Phi) is 5.66. The summed E-state index contributed by atoms with van der Waals surface area (Å²) in [4.78, 5) is 48.1. The van der Waals surface area contributed by atoms with Gasteiger partial charge in [0.2, 0.25) is 11.8 Å². The molecule has 9 nitrogen and oxygen atoms in total. The number of benzene rings is 1. The first kappa shape index (κ1) is 25.6. The minimum atomic E-state index is -2.91. The van der Waals surface area contributed by atoms with E-state index in [4.69, 9.17) is 10.7 Å². The van der Waals surface area contributed by atoms with Gasteiger partial charge in [-0.3, -0.25) is 19.6 Å². The maximum absolute atomic E-state index is 14.3. The van der Waals surface area contributed by atoms with Gasteiger partial charge in [0.05, 0.1) is 29.5 Å². The van der Waals surface area contributed by atoms with Gasteiger partial charge in [-0.1, -0.05) is 24.3 Å². The molecule has 1 aliphatic carbocycles. The minimum Gasteiger partial charge on any atom is -0.341 e. The molecule has 2 amide bonds. The SMILES string of the molecule is NC1(C(=O)N2CCC3(CC2)C(=O)N(Cc2ncc4ccccc4c2-c2cncnc2)c2cnccc23)CC(F)(F)C1. The summed E-state index contributed by atoms with van der Waals surface area (Å²) < 4.78 is 27.1. The van der Waals surface area contributed by atoms with E-state index in [9.17, 15) is 18.4 Å². The number of nitrogens with zero attached hydrogens (tertiary/aromatic N) is 6. The minimum absolute atomic E-state index is 0.0875. The van der Waals surface area contributed by atoms with Crippen LogP contribution < -0.4 is 10.6 Å². The molecule has 5 heterocycles. The fourth-order valence-electron chi connectivity index (χ4n) is 6.78. The first-order valence-corrected chi connectivity index (χ1v) is 13.6. The Bertz CT molecular complexity index is 1680. The van der Waals surface area contributed by atoms with E-state index in [2.05, 4.69) is 15.0 Å². The molecule has 2 aliphatic heterocycles. The Labute approximate surface area is 234 Å². The third kappa shape index (κ3) is 3.98. The van der Waals surface area contributed by atoms with Crippen LogP contribution in [0.1, 0.15) is 36.9 Å². The third-order valence-corrected chi connectivity index (χ3v) is 8.77. The standard InChI is InChI=1S/C30H27F2N7O2/c31-30(32)16-29(33,17-30)27(41)38-9-6-28(7-10-38)22-5-8-34-14-24(22)39(26(28)40)15-23-25(20-11-35-18-36-12-20)21-4-2-1-3-19(21)13-37-23/h1-5,8,11-14,18H,6-7,9-10,15-17,33H2. The molecule has 2 N–H and O–H groups in total. The van der Waals surface area contributed by atoms with Crippen molar-refractivity contribution in [1.29, 1.82) is 0 Å². The summed E-state index contributed by atoms with van der Waals surface area (Å²) in [7, 11) is 0. The van der Waals surface area contributed by atoms with Crippen molar-refractivity contribution in [2.45, 2.75) is 49.1 Å². The first-order valence-electron chi connectivity index (χ1n) is 13.6. The zero-order valence-electron chi connectivity index (χ0n) is 22.1. The summed E-state index contributed by atoms with van der Waals surface area (Å²) in [6.45, 7) is 0.717. The molecule has 1 saturated carbocycles. The van der Waals surface area contributed by atoms with Crippen molar-refractivity contribution < 1.29 is 18.4 Å². The van der Waals surface area contributed by atoms with Crippen LogP contribution in [0.5, 0.6) is 0 Å². The van der Waals surface area contributed by atoms with Crippen LogP contribution in [-0.4, -0.2) is 61.2 Å². The van der Waals surface area contributed by atoms with E-state index in [1.807, 2.05) is 30.3 Å². The molecule has 0 radical (unpaired) electrons. The Morgan fingerprint density at radius 2 is 1.71 bits per heavy atom. The van der Waals surface area contributed by atoms with Gasteiger partial charge in [0.15, 0.2) is 0 Å². The number of halogens is 2. The lowest BCUT2D eigenvalue weighted by atomic mass is 9.71. The highest BCUT2D eigenvalue weighted by molar-refractivity contribution is 6.08. The van der Waals surface area contributed by atoms with Crippen molar-refractivity contribution in [2.24, 2.45) is 5.73 Å². The van der Waals surface area contributed by atoms with Crippen molar-refractivity contribution in [3.05, 3.63) is 78.9 Å². The lowest BCUT2D eigenvalue weighted by Gasteiger charge is -2.47. The van der Waals surface area contributed by atoms with E-state index in [0.29, 0.717) is 24.2 Å². The normalized spacial score (nSPS) is 20.2. The van der Waals surface area contributed by atoms with Crippen LogP contribution in [-0.2, 0) is 21.5 Å². The second-order valence-electron chi connectivity index (χ2n) is 11.3. The number of piperidine rings is 1. The summed E-state index contributed by atoms with van der Waals surface area (Å²) >= 11 is 0. The molecule has 1 aromatic carbocycles. The lowest BCUT2D eigenvalue weighted by molar-refractivity contribution is -0.167. The maximum atomic E-state index is 14.3.